The fourth-order valence-corrected chi connectivity index (χ4v) is 2.03. The molecule has 2 rings (SSSR count). The number of hydrogen-bond acceptors (Lipinski definition) is 3. The van der Waals surface area contributed by atoms with Crippen molar-refractivity contribution in [3.8, 4) is 5.75 Å². The second kappa shape index (κ2) is 4.87. The van der Waals surface area contributed by atoms with Crippen LogP contribution < -0.4 is 15.8 Å². The summed E-state index contributed by atoms with van der Waals surface area (Å²) in [5.74, 6) is -0.707. The van der Waals surface area contributed by atoms with Gasteiger partial charge in [-0.25, -0.2) is 8.78 Å². The molecule has 1 fully saturated rings. The zero-order valence-electron chi connectivity index (χ0n) is 9.67. The lowest BCUT2D eigenvalue weighted by Crippen LogP contribution is -2.39. The molecule has 0 atom stereocenters. The van der Waals surface area contributed by atoms with Crippen LogP contribution in [0.15, 0.2) is 12.1 Å². The first-order valence-corrected chi connectivity index (χ1v) is 5.62. The molecule has 5 heteroatoms. The molecule has 0 aromatic heterocycles. The third kappa shape index (κ3) is 2.66. The molecule has 94 valence electrons. The van der Waals surface area contributed by atoms with E-state index in [1.165, 1.54) is 7.11 Å². The minimum Gasteiger partial charge on any atom is -0.494 e. The molecule has 3 N–H and O–H groups in total. The van der Waals surface area contributed by atoms with Crippen molar-refractivity contribution in [2.45, 2.75) is 18.9 Å². The molecule has 0 saturated heterocycles. The smallest absolute Gasteiger partial charge is 0.167 e. The zero-order valence-corrected chi connectivity index (χ0v) is 9.67. The predicted octanol–water partition coefficient (Wildman–Crippen LogP) is 2.12. The molecule has 1 aromatic carbocycles. The molecule has 0 aliphatic heterocycles. The standard InChI is InChI=1S/C12H16F2N2O/c1-17-12-5-9(13)11(4-10(12)14)16-6-7-2-8(15)3-7/h4-5,7-8,16H,2-3,6,15H2,1H3. The average molecular weight is 242 g/mol. The Hall–Kier alpha value is -1.36. The van der Waals surface area contributed by atoms with Crippen LogP contribution in [-0.4, -0.2) is 19.7 Å². The molecule has 17 heavy (non-hydrogen) atoms. The largest absolute Gasteiger partial charge is 0.494 e. The third-order valence-electron chi connectivity index (χ3n) is 3.09. The number of benzene rings is 1. The van der Waals surface area contributed by atoms with E-state index < -0.39 is 11.6 Å². The number of rotatable bonds is 4. The minimum atomic E-state index is -0.568. The van der Waals surface area contributed by atoms with Crippen molar-refractivity contribution in [3.05, 3.63) is 23.8 Å². The van der Waals surface area contributed by atoms with E-state index in [9.17, 15) is 8.78 Å². The van der Waals surface area contributed by atoms with E-state index >= 15 is 0 Å². The van der Waals surface area contributed by atoms with Gasteiger partial charge in [-0.3, -0.25) is 0 Å². The first kappa shape index (κ1) is 12.1. The fraction of sp³-hybridized carbons (Fsp3) is 0.500. The Kier molecular flexibility index (Phi) is 3.47. The predicted molar refractivity (Wildman–Crippen MR) is 62.1 cm³/mol. The number of nitrogens with two attached hydrogens (primary N) is 1. The highest BCUT2D eigenvalue weighted by Gasteiger charge is 2.25. The van der Waals surface area contributed by atoms with Crippen molar-refractivity contribution in [1.29, 1.82) is 0 Å². The van der Waals surface area contributed by atoms with Gasteiger partial charge in [0.1, 0.15) is 5.82 Å². The summed E-state index contributed by atoms with van der Waals surface area (Å²) in [4.78, 5) is 0. The maximum Gasteiger partial charge on any atom is 0.167 e. The number of nitrogens with one attached hydrogen (secondary N) is 1. The highest BCUT2D eigenvalue weighted by Crippen LogP contribution is 2.28. The Balaban J connectivity index is 1.98. The molecule has 1 aromatic rings. The number of hydrogen-bond donors (Lipinski definition) is 2. The van der Waals surface area contributed by atoms with Gasteiger partial charge in [-0.05, 0) is 18.8 Å². The van der Waals surface area contributed by atoms with Crippen LogP contribution >= 0.6 is 0 Å². The van der Waals surface area contributed by atoms with Gasteiger partial charge in [0, 0.05) is 24.7 Å². The van der Waals surface area contributed by atoms with Crippen LogP contribution in [-0.2, 0) is 0 Å². The Morgan fingerprint density at radius 2 is 2.06 bits per heavy atom. The van der Waals surface area contributed by atoms with E-state index in [2.05, 4.69) is 5.32 Å². The lowest BCUT2D eigenvalue weighted by molar-refractivity contribution is 0.280. The molecule has 0 spiro atoms. The van der Waals surface area contributed by atoms with Crippen LogP contribution in [0.25, 0.3) is 0 Å². The Morgan fingerprint density at radius 1 is 1.35 bits per heavy atom. The highest BCUT2D eigenvalue weighted by atomic mass is 19.1. The van der Waals surface area contributed by atoms with Gasteiger partial charge in [0.05, 0.1) is 12.8 Å². The first-order chi connectivity index (χ1) is 8.10. The van der Waals surface area contributed by atoms with Gasteiger partial charge in [-0.2, -0.15) is 0 Å². The molecule has 0 heterocycles. The first-order valence-electron chi connectivity index (χ1n) is 5.62. The minimum absolute atomic E-state index is 0.0845. The molecule has 0 bridgehead atoms. The normalized spacial score (nSPS) is 23.1. The maximum absolute atomic E-state index is 13.5. The molecule has 1 aliphatic rings. The molecular weight excluding hydrogens is 226 g/mol. The lowest BCUT2D eigenvalue weighted by Gasteiger charge is -2.32. The van der Waals surface area contributed by atoms with Gasteiger partial charge >= 0.3 is 0 Å². The highest BCUT2D eigenvalue weighted by molar-refractivity contribution is 5.49. The molecule has 0 radical (unpaired) electrons. The summed E-state index contributed by atoms with van der Waals surface area (Å²) in [6.07, 6.45) is 1.88. The van der Waals surface area contributed by atoms with Crippen LogP contribution in [0.3, 0.4) is 0 Å². The van der Waals surface area contributed by atoms with E-state index in [-0.39, 0.29) is 17.5 Å². The summed E-state index contributed by atoms with van der Waals surface area (Å²) in [6.45, 7) is 0.621. The summed E-state index contributed by atoms with van der Waals surface area (Å²) in [5.41, 5.74) is 5.82. The Bertz CT molecular complexity index is 406. The van der Waals surface area contributed by atoms with Gasteiger partial charge < -0.3 is 15.8 Å². The van der Waals surface area contributed by atoms with E-state index in [0.29, 0.717) is 12.5 Å². The van der Waals surface area contributed by atoms with Crippen LogP contribution in [0.5, 0.6) is 5.75 Å². The van der Waals surface area contributed by atoms with E-state index in [0.717, 1.165) is 25.0 Å². The molecule has 1 aliphatic carbocycles. The summed E-state index contributed by atoms with van der Waals surface area (Å²) < 4.78 is 31.6. The van der Waals surface area contributed by atoms with E-state index in [1.807, 2.05) is 0 Å². The number of anilines is 1. The van der Waals surface area contributed by atoms with Crippen LogP contribution in [0, 0.1) is 17.6 Å². The van der Waals surface area contributed by atoms with Crippen LogP contribution in [0.2, 0.25) is 0 Å². The quantitative estimate of drug-likeness (QED) is 0.850. The number of halogens is 2. The van der Waals surface area contributed by atoms with Crippen LogP contribution in [0.4, 0.5) is 14.5 Å². The van der Waals surface area contributed by atoms with Gasteiger partial charge in [0.15, 0.2) is 11.6 Å². The monoisotopic (exact) mass is 242 g/mol. The van der Waals surface area contributed by atoms with Crippen molar-refractivity contribution in [3.63, 3.8) is 0 Å². The van der Waals surface area contributed by atoms with Gasteiger partial charge in [0.25, 0.3) is 0 Å². The van der Waals surface area contributed by atoms with Crippen molar-refractivity contribution >= 4 is 5.69 Å². The molecule has 0 unspecified atom stereocenters. The van der Waals surface area contributed by atoms with Crippen molar-refractivity contribution in [2.24, 2.45) is 11.7 Å². The van der Waals surface area contributed by atoms with E-state index in [4.69, 9.17) is 10.5 Å². The maximum atomic E-state index is 13.5. The summed E-state index contributed by atoms with van der Waals surface area (Å²) >= 11 is 0. The summed E-state index contributed by atoms with van der Waals surface area (Å²) in [6, 6.07) is 2.43. The van der Waals surface area contributed by atoms with Gasteiger partial charge in [-0.1, -0.05) is 0 Å². The van der Waals surface area contributed by atoms with Gasteiger partial charge in [-0.15, -0.1) is 0 Å². The fourth-order valence-electron chi connectivity index (χ4n) is 2.03. The van der Waals surface area contributed by atoms with Crippen molar-refractivity contribution < 1.29 is 13.5 Å². The third-order valence-corrected chi connectivity index (χ3v) is 3.09. The second-order valence-electron chi connectivity index (χ2n) is 4.45. The molecular formula is C12H16F2N2O. The van der Waals surface area contributed by atoms with Crippen molar-refractivity contribution in [2.75, 3.05) is 19.0 Å². The van der Waals surface area contributed by atoms with E-state index in [1.54, 1.807) is 0 Å². The topological polar surface area (TPSA) is 47.3 Å². The van der Waals surface area contributed by atoms with Gasteiger partial charge in [0.2, 0.25) is 0 Å². The number of methoxy groups -OCH3 is 1. The zero-order chi connectivity index (χ0) is 12.4. The average Bonchev–Trinajstić information content (AvgIpc) is 2.26. The number of ether oxygens (including phenoxy) is 1. The molecule has 0 amide bonds. The summed E-state index contributed by atoms with van der Waals surface area (Å²) in [5, 5.41) is 2.90. The Morgan fingerprint density at radius 3 is 2.65 bits per heavy atom. The van der Waals surface area contributed by atoms with Crippen LogP contribution in [0.1, 0.15) is 12.8 Å². The molecule has 3 nitrogen and oxygen atoms in total. The second-order valence-corrected chi connectivity index (χ2v) is 4.45. The SMILES string of the molecule is COc1cc(F)c(NCC2CC(N)C2)cc1F. The molecule has 1 saturated carbocycles. The summed E-state index contributed by atoms with van der Waals surface area (Å²) in [7, 11) is 1.31. The van der Waals surface area contributed by atoms with Crippen molar-refractivity contribution in [1.82, 2.24) is 0 Å². The Labute approximate surface area is 98.9 Å². The lowest BCUT2D eigenvalue weighted by atomic mass is 9.81.